The Morgan fingerprint density at radius 2 is 1.87 bits per heavy atom. The van der Waals surface area contributed by atoms with Gasteiger partial charge in [-0.05, 0) is 50.6 Å². The van der Waals surface area contributed by atoms with Gasteiger partial charge in [-0.1, -0.05) is 36.0 Å². The Morgan fingerprint density at radius 3 is 2.70 bits per heavy atom. The Morgan fingerprint density at radius 1 is 1.10 bits per heavy atom. The first-order valence-electron chi connectivity index (χ1n) is 9.59. The molecule has 0 saturated heterocycles. The lowest BCUT2D eigenvalue weighted by Crippen LogP contribution is -2.14. The van der Waals surface area contributed by atoms with Crippen molar-refractivity contribution in [1.82, 2.24) is 9.97 Å². The summed E-state index contributed by atoms with van der Waals surface area (Å²) in [6.45, 7) is 6.63. The molecule has 30 heavy (non-hydrogen) atoms. The Balaban J connectivity index is 1.67. The molecule has 4 aromatic rings. The molecule has 7 heteroatoms. The number of carbonyl (C=O) groups excluding carboxylic acids is 1. The predicted molar refractivity (Wildman–Crippen MR) is 123 cm³/mol. The van der Waals surface area contributed by atoms with Crippen molar-refractivity contribution in [3.8, 4) is 5.75 Å². The SMILES string of the molecule is CCOc1ccccc1NC(=O)c1ccccc1Sc1ncnc2sc(C)c(C)c12. The molecular weight excluding hydrogens is 414 g/mol. The molecule has 0 aliphatic heterocycles. The first-order valence-corrected chi connectivity index (χ1v) is 11.2. The van der Waals surface area contributed by atoms with E-state index in [4.69, 9.17) is 4.74 Å². The highest BCUT2D eigenvalue weighted by Gasteiger charge is 2.18. The zero-order chi connectivity index (χ0) is 21.1. The number of rotatable bonds is 6. The number of ether oxygens (including phenoxy) is 1. The molecule has 5 nitrogen and oxygen atoms in total. The molecule has 2 heterocycles. The average molecular weight is 436 g/mol. The molecule has 152 valence electrons. The summed E-state index contributed by atoms with van der Waals surface area (Å²) in [5.74, 6) is 0.467. The van der Waals surface area contributed by atoms with Gasteiger partial charge in [0.2, 0.25) is 0 Å². The van der Waals surface area contributed by atoms with Crippen LogP contribution in [0, 0.1) is 13.8 Å². The molecule has 0 radical (unpaired) electrons. The molecule has 0 unspecified atom stereocenters. The van der Waals surface area contributed by atoms with E-state index >= 15 is 0 Å². The van der Waals surface area contributed by atoms with Crippen LogP contribution in [0.4, 0.5) is 5.69 Å². The van der Waals surface area contributed by atoms with Crippen molar-refractivity contribution < 1.29 is 9.53 Å². The van der Waals surface area contributed by atoms with Gasteiger partial charge in [-0.3, -0.25) is 4.79 Å². The van der Waals surface area contributed by atoms with Crippen LogP contribution in [-0.4, -0.2) is 22.5 Å². The minimum atomic E-state index is -0.186. The topological polar surface area (TPSA) is 64.1 Å². The largest absolute Gasteiger partial charge is 0.492 e. The van der Waals surface area contributed by atoms with E-state index in [1.54, 1.807) is 17.7 Å². The van der Waals surface area contributed by atoms with E-state index in [2.05, 4.69) is 29.1 Å². The Kier molecular flexibility index (Phi) is 6.01. The quantitative estimate of drug-likeness (QED) is 0.370. The Labute approximate surface area is 183 Å². The van der Waals surface area contributed by atoms with Gasteiger partial charge < -0.3 is 10.1 Å². The van der Waals surface area contributed by atoms with Crippen LogP contribution in [0.2, 0.25) is 0 Å². The third-order valence-corrected chi connectivity index (χ3v) is 6.90. The van der Waals surface area contributed by atoms with Crippen LogP contribution in [0.3, 0.4) is 0 Å². The van der Waals surface area contributed by atoms with E-state index in [0.29, 0.717) is 23.6 Å². The van der Waals surface area contributed by atoms with Crippen LogP contribution in [0.1, 0.15) is 27.7 Å². The molecule has 2 aromatic heterocycles. The van der Waals surface area contributed by atoms with Gasteiger partial charge in [0.15, 0.2) is 0 Å². The monoisotopic (exact) mass is 435 g/mol. The number of para-hydroxylation sites is 2. The van der Waals surface area contributed by atoms with Crippen LogP contribution in [0.5, 0.6) is 5.75 Å². The number of amides is 1. The van der Waals surface area contributed by atoms with Crippen LogP contribution in [0.15, 0.2) is 64.8 Å². The second kappa shape index (κ2) is 8.85. The molecule has 0 aliphatic rings. The summed E-state index contributed by atoms with van der Waals surface area (Å²) in [5.41, 5.74) is 2.42. The fourth-order valence-electron chi connectivity index (χ4n) is 3.12. The van der Waals surface area contributed by atoms with Crippen LogP contribution in [0.25, 0.3) is 10.2 Å². The minimum Gasteiger partial charge on any atom is -0.492 e. The molecular formula is C23H21N3O2S2. The number of carbonyl (C=O) groups is 1. The van der Waals surface area contributed by atoms with Gasteiger partial charge in [0.05, 0.1) is 17.9 Å². The number of aromatic nitrogens is 2. The van der Waals surface area contributed by atoms with Gasteiger partial charge in [-0.25, -0.2) is 9.97 Å². The van der Waals surface area contributed by atoms with Crippen molar-refractivity contribution in [3.05, 3.63) is 70.9 Å². The maximum absolute atomic E-state index is 13.1. The lowest BCUT2D eigenvalue weighted by atomic mass is 10.2. The Bertz CT molecular complexity index is 1220. The second-order valence-electron chi connectivity index (χ2n) is 6.62. The summed E-state index contributed by atoms with van der Waals surface area (Å²) in [6.07, 6.45) is 1.58. The zero-order valence-electron chi connectivity index (χ0n) is 16.9. The fourth-order valence-corrected chi connectivity index (χ4v) is 5.25. The zero-order valence-corrected chi connectivity index (χ0v) is 18.6. The number of benzene rings is 2. The first-order chi connectivity index (χ1) is 14.6. The number of anilines is 1. The van der Waals surface area contributed by atoms with Gasteiger partial charge in [0, 0.05) is 15.2 Å². The van der Waals surface area contributed by atoms with Crippen molar-refractivity contribution in [2.45, 2.75) is 30.7 Å². The number of hydrogen-bond acceptors (Lipinski definition) is 6. The van der Waals surface area contributed by atoms with Gasteiger partial charge >= 0.3 is 0 Å². The molecule has 4 rings (SSSR count). The molecule has 0 bridgehead atoms. The highest BCUT2D eigenvalue weighted by atomic mass is 32.2. The molecule has 0 aliphatic carbocycles. The van der Waals surface area contributed by atoms with Gasteiger partial charge in [-0.15, -0.1) is 11.3 Å². The number of hydrogen-bond donors (Lipinski definition) is 1. The van der Waals surface area contributed by atoms with Crippen molar-refractivity contribution in [1.29, 1.82) is 0 Å². The molecule has 0 saturated carbocycles. The van der Waals surface area contributed by atoms with E-state index < -0.39 is 0 Å². The highest BCUT2D eigenvalue weighted by Crippen LogP contribution is 2.38. The number of nitrogens with zero attached hydrogens (tertiary/aromatic N) is 2. The van der Waals surface area contributed by atoms with E-state index in [0.717, 1.165) is 20.1 Å². The van der Waals surface area contributed by atoms with Crippen LogP contribution < -0.4 is 10.1 Å². The maximum atomic E-state index is 13.1. The lowest BCUT2D eigenvalue weighted by molar-refractivity contribution is 0.102. The third kappa shape index (κ3) is 4.04. The Hall–Kier alpha value is -2.90. The lowest BCUT2D eigenvalue weighted by Gasteiger charge is -2.13. The molecule has 2 aromatic carbocycles. The van der Waals surface area contributed by atoms with E-state index in [-0.39, 0.29) is 5.91 Å². The minimum absolute atomic E-state index is 0.186. The van der Waals surface area contributed by atoms with E-state index in [9.17, 15) is 4.79 Å². The average Bonchev–Trinajstić information content (AvgIpc) is 3.04. The highest BCUT2D eigenvalue weighted by molar-refractivity contribution is 7.99. The summed E-state index contributed by atoms with van der Waals surface area (Å²) < 4.78 is 5.63. The number of thiophene rings is 1. The predicted octanol–water partition coefficient (Wildman–Crippen LogP) is 6.11. The van der Waals surface area contributed by atoms with Gasteiger partial charge in [-0.2, -0.15) is 0 Å². The standard InChI is InChI=1S/C23H21N3O2S2/c1-4-28-18-11-7-6-10-17(18)26-21(27)16-9-5-8-12-19(16)30-23-20-14(2)15(3)29-22(20)24-13-25-23/h5-13H,4H2,1-3H3,(H,26,27). The first kappa shape index (κ1) is 20.4. The summed E-state index contributed by atoms with van der Waals surface area (Å²) in [6, 6.07) is 15.0. The van der Waals surface area contributed by atoms with E-state index in [1.807, 2.05) is 55.5 Å². The maximum Gasteiger partial charge on any atom is 0.256 e. The second-order valence-corrected chi connectivity index (χ2v) is 8.86. The summed E-state index contributed by atoms with van der Waals surface area (Å²) >= 11 is 3.15. The van der Waals surface area contributed by atoms with Crippen molar-refractivity contribution in [2.24, 2.45) is 0 Å². The van der Waals surface area contributed by atoms with Crippen molar-refractivity contribution >= 4 is 44.9 Å². The summed E-state index contributed by atoms with van der Waals surface area (Å²) in [7, 11) is 0. The van der Waals surface area contributed by atoms with Crippen LogP contribution in [-0.2, 0) is 0 Å². The molecule has 1 amide bonds. The van der Waals surface area contributed by atoms with Crippen molar-refractivity contribution in [2.75, 3.05) is 11.9 Å². The van der Waals surface area contributed by atoms with Crippen LogP contribution >= 0.6 is 23.1 Å². The summed E-state index contributed by atoms with van der Waals surface area (Å²) in [5, 5.41) is 4.90. The summed E-state index contributed by atoms with van der Waals surface area (Å²) in [4.78, 5) is 25.1. The van der Waals surface area contributed by atoms with E-state index in [1.165, 1.54) is 22.2 Å². The number of nitrogens with one attached hydrogen (secondary N) is 1. The van der Waals surface area contributed by atoms with Gasteiger partial charge in [0.25, 0.3) is 5.91 Å². The number of fused-ring (bicyclic) bond motifs is 1. The van der Waals surface area contributed by atoms with Crippen molar-refractivity contribution in [3.63, 3.8) is 0 Å². The smallest absolute Gasteiger partial charge is 0.256 e. The fraction of sp³-hybridized carbons (Fsp3) is 0.174. The molecule has 0 spiro atoms. The molecule has 1 N–H and O–H groups in total. The molecule has 0 fully saturated rings. The third-order valence-electron chi connectivity index (χ3n) is 4.70. The molecule has 0 atom stereocenters. The number of aryl methyl sites for hydroxylation is 2. The normalized spacial score (nSPS) is 10.9. The van der Waals surface area contributed by atoms with Gasteiger partial charge in [0.1, 0.15) is 21.9 Å².